The number of benzene rings is 3. The molecule has 2 N–H and O–H groups in total. The lowest BCUT2D eigenvalue weighted by Crippen LogP contribution is -2.60. The summed E-state index contributed by atoms with van der Waals surface area (Å²) < 4.78 is 11.8. The van der Waals surface area contributed by atoms with Crippen LogP contribution in [-0.2, 0) is 9.53 Å². The van der Waals surface area contributed by atoms with Gasteiger partial charge in [-0.05, 0) is 53.4 Å². The van der Waals surface area contributed by atoms with Crippen LogP contribution in [0.1, 0.15) is 34.8 Å². The molecular formula is C28H31N3O4. The second kappa shape index (κ2) is 9.68. The van der Waals surface area contributed by atoms with Crippen molar-refractivity contribution >= 4 is 22.6 Å². The van der Waals surface area contributed by atoms with Crippen LogP contribution in [-0.4, -0.2) is 67.1 Å². The molecule has 0 radical (unpaired) electrons. The first-order valence-electron chi connectivity index (χ1n) is 12.1. The average molecular weight is 474 g/mol. The number of carbonyl (C=O) groups excluding carboxylic acids is 2. The molecule has 7 heteroatoms. The molecule has 2 fully saturated rings. The SMILES string of the molecule is COc1ccc(C2N(CC(N)=O)CCOC23CCN(C(=O)c2ccc4ccccc4c2)CC3)cc1. The van der Waals surface area contributed by atoms with Crippen LogP contribution in [0.3, 0.4) is 0 Å². The molecule has 0 saturated carbocycles. The predicted octanol–water partition coefficient (Wildman–Crippen LogP) is 3.38. The molecule has 7 nitrogen and oxygen atoms in total. The fourth-order valence-electron chi connectivity index (χ4n) is 5.59. The van der Waals surface area contributed by atoms with Crippen molar-refractivity contribution in [2.24, 2.45) is 5.73 Å². The molecule has 0 aromatic heterocycles. The van der Waals surface area contributed by atoms with E-state index in [1.807, 2.05) is 71.6 Å². The Morgan fingerprint density at radius 3 is 2.40 bits per heavy atom. The Hall–Kier alpha value is -3.42. The number of nitrogens with zero attached hydrogens (tertiary/aromatic N) is 2. The van der Waals surface area contributed by atoms with E-state index in [2.05, 4.69) is 4.90 Å². The smallest absolute Gasteiger partial charge is 0.253 e. The molecule has 2 amide bonds. The molecule has 0 bridgehead atoms. The number of fused-ring (bicyclic) bond motifs is 1. The Labute approximate surface area is 205 Å². The minimum atomic E-state index is -0.498. The van der Waals surface area contributed by atoms with E-state index in [0.29, 0.717) is 44.6 Å². The van der Waals surface area contributed by atoms with Crippen molar-refractivity contribution < 1.29 is 19.1 Å². The highest BCUT2D eigenvalue weighted by Crippen LogP contribution is 2.44. The van der Waals surface area contributed by atoms with Gasteiger partial charge in [-0.15, -0.1) is 0 Å². The summed E-state index contributed by atoms with van der Waals surface area (Å²) in [5.41, 5.74) is 6.86. The molecule has 182 valence electrons. The lowest BCUT2D eigenvalue weighted by molar-refractivity contribution is -0.172. The number of likely N-dealkylation sites (tertiary alicyclic amines) is 1. The summed E-state index contributed by atoms with van der Waals surface area (Å²) in [5.74, 6) is 0.456. The van der Waals surface area contributed by atoms with Crippen LogP contribution >= 0.6 is 0 Å². The molecule has 1 unspecified atom stereocenters. The third-order valence-corrected chi connectivity index (χ3v) is 7.32. The predicted molar refractivity (Wildman–Crippen MR) is 134 cm³/mol. The third kappa shape index (κ3) is 4.61. The van der Waals surface area contributed by atoms with Gasteiger partial charge in [0.2, 0.25) is 5.91 Å². The van der Waals surface area contributed by atoms with Crippen molar-refractivity contribution in [3.05, 3.63) is 77.9 Å². The van der Waals surface area contributed by atoms with Crippen LogP contribution in [0.15, 0.2) is 66.7 Å². The number of morpholine rings is 1. The molecule has 35 heavy (non-hydrogen) atoms. The number of rotatable bonds is 5. The minimum absolute atomic E-state index is 0.0383. The molecule has 5 rings (SSSR count). The summed E-state index contributed by atoms with van der Waals surface area (Å²) in [6.07, 6.45) is 1.36. The number of primary amides is 1. The number of nitrogens with two attached hydrogens (primary N) is 1. The van der Waals surface area contributed by atoms with Gasteiger partial charge >= 0.3 is 0 Å². The molecule has 2 aliphatic rings. The molecular weight excluding hydrogens is 442 g/mol. The first kappa shape index (κ1) is 23.3. The van der Waals surface area contributed by atoms with Crippen molar-refractivity contribution in [2.75, 3.05) is 39.9 Å². The first-order chi connectivity index (χ1) is 17.0. The van der Waals surface area contributed by atoms with E-state index in [1.165, 1.54) is 0 Å². The van der Waals surface area contributed by atoms with Crippen LogP contribution in [0.4, 0.5) is 0 Å². The Morgan fingerprint density at radius 1 is 1.00 bits per heavy atom. The molecule has 3 aromatic rings. The number of carbonyl (C=O) groups is 2. The highest BCUT2D eigenvalue weighted by atomic mass is 16.5. The topological polar surface area (TPSA) is 85.1 Å². The molecule has 2 saturated heterocycles. The fourth-order valence-corrected chi connectivity index (χ4v) is 5.59. The van der Waals surface area contributed by atoms with Crippen LogP contribution in [0.25, 0.3) is 10.8 Å². The highest BCUT2D eigenvalue weighted by Gasteiger charge is 2.49. The van der Waals surface area contributed by atoms with E-state index in [0.717, 1.165) is 22.1 Å². The summed E-state index contributed by atoms with van der Waals surface area (Å²) >= 11 is 0. The van der Waals surface area contributed by atoms with E-state index in [-0.39, 0.29) is 24.4 Å². The van der Waals surface area contributed by atoms with Gasteiger partial charge in [0.1, 0.15) is 5.75 Å². The normalized spacial score (nSPS) is 20.1. The van der Waals surface area contributed by atoms with Crippen LogP contribution < -0.4 is 10.5 Å². The van der Waals surface area contributed by atoms with Crippen LogP contribution in [0.2, 0.25) is 0 Å². The Balaban J connectivity index is 1.38. The van der Waals surface area contributed by atoms with Gasteiger partial charge in [0.25, 0.3) is 5.91 Å². The molecule has 0 aliphatic carbocycles. The zero-order valence-electron chi connectivity index (χ0n) is 20.0. The van der Waals surface area contributed by atoms with Gasteiger partial charge in [0, 0.05) is 25.2 Å². The molecule has 1 atom stereocenters. The largest absolute Gasteiger partial charge is 0.497 e. The monoisotopic (exact) mass is 473 g/mol. The van der Waals surface area contributed by atoms with E-state index < -0.39 is 5.60 Å². The van der Waals surface area contributed by atoms with Crippen LogP contribution in [0, 0.1) is 0 Å². The van der Waals surface area contributed by atoms with Gasteiger partial charge < -0.3 is 20.1 Å². The fraction of sp³-hybridized carbons (Fsp3) is 0.357. The standard InChI is InChI=1S/C28H31N3O4/c1-34-24-10-8-21(9-11-24)26-28(35-17-16-31(26)19-25(29)32)12-14-30(15-13-28)27(33)23-7-6-20-4-2-3-5-22(20)18-23/h2-11,18,26H,12-17,19H2,1H3,(H2,29,32). The highest BCUT2D eigenvalue weighted by molar-refractivity contribution is 5.98. The molecule has 2 heterocycles. The molecule has 2 aliphatic heterocycles. The van der Waals surface area contributed by atoms with Crippen molar-refractivity contribution in [3.63, 3.8) is 0 Å². The van der Waals surface area contributed by atoms with Crippen molar-refractivity contribution in [1.82, 2.24) is 9.80 Å². The van der Waals surface area contributed by atoms with Crippen molar-refractivity contribution in [3.8, 4) is 5.75 Å². The summed E-state index contributed by atoms with van der Waals surface area (Å²) in [6, 6.07) is 21.7. The van der Waals surface area contributed by atoms with E-state index in [9.17, 15) is 9.59 Å². The zero-order valence-corrected chi connectivity index (χ0v) is 20.0. The maximum atomic E-state index is 13.3. The lowest BCUT2D eigenvalue weighted by Gasteiger charge is -2.53. The quantitative estimate of drug-likeness (QED) is 0.614. The minimum Gasteiger partial charge on any atom is -0.497 e. The summed E-state index contributed by atoms with van der Waals surface area (Å²) in [7, 11) is 1.64. The Bertz CT molecular complexity index is 1220. The Morgan fingerprint density at radius 2 is 1.71 bits per heavy atom. The van der Waals surface area contributed by atoms with Crippen LogP contribution in [0.5, 0.6) is 5.75 Å². The van der Waals surface area contributed by atoms with Crippen molar-refractivity contribution in [2.45, 2.75) is 24.5 Å². The number of hydrogen-bond acceptors (Lipinski definition) is 5. The number of ether oxygens (including phenoxy) is 2. The third-order valence-electron chi connectivity index (χ3n) is 7.32. The van der Waals surface area contributed by atoms with Gasteiger partial charge in [-0.1, -0.05) is 42.5 Å². The van der Waals surface area contributed by atoms with E-state index in [1.54, 1.807) is 7.11 Å². The van der Waals surface area contributed by atoms with Gasteiger partial charge in [0.05, 0.1) is 31.9 Å². The number of piperidine rings is 1. The maximum Gasteiger partial charge on any atom is 0.253 e. The van der Waals surface area contributed by atoms with Gasteiger partial charge in [-0.25, -0.2) is 0 Å². The number of methoxy groups -OCH3 is 1. The second-order valence-electron chi connectivity index (χ2n) is 9.38. The maximum absolute atomic E-state index is 13.3. The number of hydrogen-bond donors (Lipinski definition) is 1. The summed E-state index contributed by atoms with van der Waals surface area (Å²) in [4.78, 5) is 29.3. The molecule has 1 spiro atoms. The number of amides is 2. The first-order valence-corrected chi connectivity index (χ1v) is 12.1. The lowest BCUT2D eigenvalue weighted by atomic mass is 9.78. The van der Waals surface area contributed by atoms with Gasteiger partial charge in [-0.3, -0.25) is 14.5 Å². The summed E-state index contributed by atoms with van der Waals surface area (Å²) in [5, 5.41) is 2.18. The zero-order chi connectivity index (χ0) is 24.4. The Kier molecular flexibility index (Phi) is 6.45. The average Bonchev–Trinajstić information content (AvgIpc) is 2.88. The van der Waals surface area contributed by atoms with E-state index >= 15 is 0 Å². The summed E-state index contributed by atoms with van der Waals surface area (Å²) in [6.45, 7) is 2.49. The second-order valence-corrected chi connectivity index (χ2v) is 9.38. The van der Waals surface area contributed by atoms with Crippen molar-refractivity contribution in [1.29, 1.82) is 0 Å². The van der Waals surface area contributed by atoms with E-state index in [4.69, 9.17) is 15.2 Å². The van der Waals surface area contributed by atoms with Gasteiger partial charge in [0.15, 0.2) is 0 Å². The van der Waals surface area contributed by atoms with Gasteiger partial charge in [-0.2, -0.15) is 0 Å². The molecule has 3 aromatic carbocycles.